The number of ether oxygens (including phenoxy) is 2. The number of halogens is 1. The van der Waals surface area contributed by atoms with E-state index in [2.05, 4.69) is 10.1 Å². The monoisotopic (exact) mass is 316 g/mol. The molecule has 0 saturated carbocycles. The van der Waals surface area contributed by atoms with Crippen LogP contribution in [0.3, 0.4) is 0 Å². The molecular formula is C16H13ClN2O3. The molecule has 0 saturated heterocycles. The van der Waals surface area contributed by atoms with Gasteiger partial charge in [-0.1, -0.05) is 16.8 Å². The van der Waals surface area contributed by atoms with Gasteiger partial charge in [0, 0.05) is 22.2 Å². The van der Waals surface area contributed by atoms with Crippen LogP contribution in [0.5, 0.6) is 11.5 Å². The smallest absolute Gasteiger partial charge is 0.258 e. The maximum absolute atomic E-state index is 5.87. The normalized spacial score (nSPS) is 10.5. The van der Waals surface area contributed by atoms with E-state index in [-0.39, 0.29) is 0 Å². The number of methoxy groups -OCH3 is 2. The van der Waals surface area contributed by atoms with Crippen molar-refractivity contribution in [3.63, 3.8) is 0 Å². The van der Waals surface area contributed by atoms with Crippen molar-refractivity contribution in [2.24, 2.45) is 0 Å². The van der Waals surface area contributed by atoms with Crippen LogP contribution in [0.2, 0.25) is 5.02 Å². The van der Waals surface area contributed by atoms with Gasteiger partial charge >= 0.3 is 0 Å². The van der Waals surface area contributed by atoms with E-state index in [1.807, 2.05) is 24.3 Å². The Bertz CT molecular complexity index is 762. The van der Waals surface area contributed by atoms with Gasteiger partial charge in [-0.2, -0.15) is 4.98 Å². The lowest BCUT2D eigenvalue weighted by Crippen LogP contribution is -1.89. The number of hydrogen-bond acceptors (Lipinski definition) is 5. The van der Waals surface area contributed by atoms with Crippen molar-refractivity contribution < 1.29 is 14.0 Å². The van der Waals surface area contributed by atoms with Gasteiger partial charge in [-0.3, -0.25) is 0 Å². The van der Waals surface area contributed by atoms with Crippen LogP contribution >= 0.6 is 11.6 Å². The molecule has 0 atom stereocenters. The van der Waals surface area contributed by atoms with Gasteiger partial charge in [-0.15, -0.1) is 0 Å². The molecule has 2 aromatic carbocycles. The molecule has 112 valence electrons. The molecule has 6 heteroatoms. The second-order valence-corrected chi connectivity index (χ2v) is 4.97. The Labute approximate surface area is 132 Å². The molecule has 0 unspecified atom stereocenters. The molecule has 0 fully saturated rings. The first-order valence-corrected chi connectivity index (χ1v) is 6.90. The van der Waals surface area contributed by atoms with E-state index in [0.29, 0.717) is 28.2 Å². The molecule has 3 aromatic rings. The molecule has 0 aliphatic heterocycles. The van der Waals surface area contributed by atoms with Crippen LogP contribution in [0.1, 0.15) is 0 Å². The van der Waals surface area contributed by atoms with Gasteiger partial charge in [0.2, 0.25) is 5.82 Å². The first kappa shape index (κ1) is 14.4. The van der Waals surface area contributed by atoms with E-state index >= 15 is 0 Å². The summed E-state index contributed by atoms with van der Waals surface area (Å²) in [6, 6.07) is 12.6. The van der Waals surface area contributed by atoms with E-state index in [0.717, 1.165) is 11.1 Å². The molecule has 1 heterocycles. The summed E-state index contributed by atoms with van der Waals surface area (Å²) in [6.45, 7) is 0. The summed E-state index contributed by atoms with van der Waals surface area (Å²) in [6.07, 6.45) is 0. The van der Waals surface area contributed by atoms with Crippen LogP contribution in [-0.4, -0.2) is 24.4 Å². The predicted octanol–water partition coefficient (Wildman–Crippen LogP) is 4.07. The van der Waals surface area contributed by atoms with Gasteiger partial charge < -0.3 is 14.0 Å². The van der Waals surface area contributed by atoms with Crippen LogP contribution in [0.15, 0.2) is 47.0 Å². The third kappa shape index (κ3) is 2.89. The van der Waals surface area contributed by atoms with Crippen molar-refractivity contribution in [2.45, 2.75) is 0 Å². The molecule has 3 rings (SSSR count). The third-order valence-corrected chi connectivity index (χ3v) is 3.38. The Balaban J connectivity index is 1.98. The summed E-state index contributed by atoms with van der Waals surface area (Å²) in [5.74, 6) is 2.19. The second kappa shape index (κ2) is 6.07. The highest BCUT2D eigenvalue weighted by Crippen LogP contribution is 2.30. The van der Waals surface area contributed by atoms with Gasteiger partial charge in [-0.25, -0.2) is 0 Å². The lowest BCUT2D eigenvalue weighted by atomic mass is 10.2. The molecular weight excluding hydrogens is 304 g/mol. The van der Waals surface area contributed by atoms with E-state index in [4.69, 9.17) is 25.6 Å². The zero-order valence-corrected chi connectivity index (χ0v) is 12.8. The summed E-state index contributed by atoms with van der Waals surface area (Å²) in [7, 11) is 3.18. The van der Waals surface area contributed by atoms with Gasteiger partial charge in [0.1, 0.15) is 11.5 Å². The van der Waals surface area contributed by atoms with Crippen LogP contribution in [0.4, 0.5) is 0 Å². The molecule has 0 spiro atoms. The highest BCUT2D eigenvalue weighted by molar-refractivity contribution is 6.30. The predicted molar refractivity (Wildman–Crippen MR) is 83.3 cm³/mol. The molecule has 1 aromatic heterocycles. The third-order valence-electron chi connectivity index (χ3n) is 3.13. The fourth-order valence-electron chi connectivity index (χ4n) is 1.99. The van der Waals surface area contributed by atoms with Crippen LogP contribution in [0.25, 0.3) is 22.8 Å². The number of benzene rings is 2. The number of hydrogen-bond donors (Lipinski definition) is 0. The fraction of sp³-hybridized carbons (Fsp3) is 0.125. The van der Waals surface area contributed by atoms with E-state index < -0.39 is 0 Å². The zero-order chi connectivity index (χ0) is 15.5. The Morgan fingerprint density at radius 3 is 2.14 bits per heavy atom. The van der Waals surface area contributed by atoms with E-state index in [1.165, 1.54) is 0 Å². The highest BCUT2D eigenvalue weighted by atomic mass is 35.5. The topological polar surface area (TPSA) is 57.4 Å². The number of nitrogens with zero attached hydrogens (tertiary/aromatic N) is 2. The SMILES string of the molecule is COc1cc(OC)cc(-c2nc(-c3ccc(Cl)cc3)no2)c1. The minimum atomic E-state index is 0.391. The lowest BCUT2D eigenvalue weighted by Gasteiger charge is -2.05. The van der Waals surface area contributed by atoms with Crippen LogP contribution in [0, 0.1) is 0 Å². The van der Waals surface area contributed by atoms with Gasteiger partial charge in [0.15, 0.2) is 0 Å². The molecule has 22 heavy (non-hydrogen) atoms. The van der Waals surface area contributed by atoms with Crippen LogP contribution < -0.4 is 9.47 Å². The molecule has 0 aliphatic carbocycles. The molecule has 0 N–H and O–H groups in total. The number of aromatic nitrogens is 2. The molecule has 0 radical (unpaired) electrons. The molecule has 0 bridgehead atoms. The first-order chi connectivity index (χ1) is 10.7. The van der Waals surface area contributed by atoms with Crippen molar-refractivity contribution >= 4 is 11.6 Å². The molecule has 0 aliphatic rings. The molecule has 0 amide bonds. The fourth-order valence-corrected chi connectivity index (χ4v) is 2.11. The summed E-state index contributed by atoms with van der Waals surface area (Å²) >= 11 is 5.87. The van der Waals surface area contributed by atoms with Gasteiger partial charge in [0.25, 0.3) is 5.89 Å². The largest absolute Gasteiger partial charge is 0.497 e. The summed E-state index contributed by atoms with van der Waals surface area (Å²) < 4.78 is 15.8. The van der Waals surface area contributed by atoms with E-state index in [1.54, 1.807) is 32.4 Å². The van der Waals surface area contributed by atoms with Crippen molar-refractivity contribution in [2.75, 3.05) is 14.2 Å². The van der Waals surface area contributed by atoms with Gasteiger partial charge in [0.05, 0.1) is 14.2 Å². The highest BCUT2D eigenvalue weighted by Gasteiger charge is 2.13. The summed E-state index contributed by atoms with van der Waals surface area (Å²) in [5.41, 5.74) is 1.55. The van der Waals surface area contributed by atoms with Crippen molar-refractivity contribution in [3.05, 3.63) is 47.5 Å². The van der Waals surface area contributed by atoms with Crippen molar-refractivity contribution in [1.29, 1.82) is 0 Å². The maximum Gasteiger partial charge on any atom is 0.258 e. The van der Waals surface area contributed by atoms with Crippen molar-refractivity contribution in [3.8, 4) is 34.3 Å². The summed E-state index contributed by atoms with van der Waals surface area (Å²) in [4.78, 5) is 4.40. The Morgan fingerprint density at radius 1 is 0.909 bits per heavy atom. The minimum Gasteiger partial charge on any atom is -0.497 e. The van der Waals surface area contributed by atoms with Crippen LogP contribution in [-0.2, 0) is 0 Å². The van der Waals surface area contributed by atoms with Crippen molar-refractivity contribution in [1.82, 2.24) is 10.1 Å². The maximum atomic E-state index is 5.87. The van der Waals surface area contributed by atoms with E-state index in [9.17, 15) is 0 Å². The van der Waals surface area contributed by atoms with Gasteiger partial charge in [-0.05, 0) is 36.4 Å². The quantitative estimate of drug-likeness (QED) is 0.726. The molecule has 5 nitrogen and oxygen atoms in total. The minimum absolute atomic E-state index is 0.391. The zero-order valence-electron chi connectivity index (χ0n) is 12.0. The average molecular weight is 317 g/mol. The Hall–Kier alpha value is -2.53. The Kier molecular flexibility index (Phi) is 3.98. The second-order valence-electron chi connectivity index (χ2n) is 4.53. The average Bonchev–Trinajstić information content (AvgIpc) is 3.05. The Morgan fingerprint density at radius 2 is 1.55 bits per heavy atom. The number of rotatable bonds is 4. The lowest BCUT2D eigenvalue weighted by molar-refractivity contribution is 0.393. The standard InChI is InChI=1S/C16H13ClN2O3/c1-20-13-7-11(8-14(9-13)21-2)16-18-15(19-22-16)10-3-5-12(17)6-4-10/h3-9H,1-2H3. The first-order valence-electron chi connectivity index (χ1n) is 6.52. The summed E-state index contributed by atoms with van der Waals surface area (Å²) in [5, 5.41) is 4.65.